The van der Waals surface area contributed by atoms with Crippen LogP contribution in [0.4, 0.5) is 0 Å². The summed E-state index contributed by atoms with van der Waals surface area (Å²) in [6, 6.07) is 9.91. The molecular weight excluding hydrogens is 266 g/mol. The Morgan fingerprint density at radius 2 is 1.74 bits per heavy atom. The van der Waals surface area contributed by atoms with E-state index in [1.54, 1.807) is 0 Å². The smallest absolute Gasteiger partial charge is 0.264 e. The maximum absolute atomic E-state index is 10.6. The highest BCUT2D eigenvalue weighted by molar-refractivity contribution is 7.85. The van der Waals surface area contributed by atoms with Crippen LogP contribution >= 0.6 is 0 Å². The number of aliphatic hydroxyl groups is 1. The number of rotatable bonds is 9. The molecule has 0 spiro atoms. The standard InChI is InChI=1S/C13H21NO4S/c15-10-9-14(8-4-5-11-19(16,17)18)12-13-6-2-1-3-7-13/h1-3,6-7,15H,4-5,8-12H2,(H,16,17,18). The summed E-state index contributed by atoms with van der Waals surface area (Å²) < 4.78 is 29.8. The van der Waals surface area contributed by atoms with E-state index in [0.717, 1.165) is 12.1 Å². The Kier molecular flexibility index (Phi) is 7.01. The van der Waals surface area contributed by atoms with Crippen molar-refractivity contribution in [3.63, 3.8) is 0 Å². The molecule has 0 bridgehead atoms. The third kappa shape index (κ3) is 7.94. The lowest BCUT2D eigenvalue weighted by Crippen LogP contribution is -2.27. The van der Waals surface area contributed by atoms with Crippen LogP contribution in [-0.2, 0) is 16.7 Å². The van der Waals surface area contributed by atoms with Gasteiger partial charge in [-0.05, 0) is 24.9 Å². The zero-order valence-electron chi connectivity index (χ0n) is 10.9. The Morgan fingerprint density at radius 3 is 2.32 bits per heavy atom. The van der Waals surface area contributed by atoms with E-state index in [9.17, 15) is 8.42 Å². The summed E-state index contributed by atoms with van der Waals surface area (Å²) in [5.74, 6) is -0.203. The van der Waals surface area contributed by atoms with E-state index < -0.39 is 10.1 Å². The topological polar surface area (TPSA) is 77.8 Å². The average molecular weight is 287 g/mol. The monoisotopic (exact) mass is 287 g/mol. The first-order valence-corrected chi connectivity index (χ1v) is 7.94. The molecule has 0 saturated heterocycles. The number of hydrogen-bond acceptors (Lipinski definition) is 4. The van der Waals surface area contributed by atoms with Gasteiger partial charge in [-0.3, -0.25) is 9.45 Å². The van der Waals surface area contributed by atoms with Gasteiger partial charge in [-0.15, -0.1) is 0 Å². The molecule has 6 heteroatoms. The third-order valence-corrected chi connectivity index (χ3v) is 3.60. The molecule has 5 nitrogen and oxygen atoms in total. The van der Waals surface area contributed by atoms with Crippen molar-refractivity contribution in [2.45, 2.75) is 19.4 Å². The number of hydrogen-bond donors (Lipinski definition) is 2. The number of benzene rings is 1. The fourth-order valence-corrected chi connectivity index (χ4v) is 2.44. The van der Waals surface area contributed by atoms with Gasteiger partial charge in [-0.2, -0.15) is 8.42 Å². The lowest BCUT2D eigenvalue weighted by atomic mass is 10.2. The Labute approximate surface area is 114 Å². The highest BCUT2D eigenvalue weighted by Crippen LogP contribution is 2.06. The quantitative estimate of drug-likeness (QED) is 0.526. The second kappa shape index (κ2) is 8.27. The molecule has 0 fully saturated rings. The zero-order chi connectivity index (χ0) is 14.1. The predicted molar refractivity (Wildman–Crippen MR) is 74.5 cm³/mol. The van der Waals surface area contributed by atoms with Gasteiger partial charge in [0.05, 0.1) is 12.4 Å². The van der Waals surface area contributed by atoms with Gasteiger partial charge < -0.3 is 5.11 Å². The summed E-state index contributed by atoms with van der Waals surface area (Å²) in [5.41, 5.74) is 1.16. The van der Waals surface area contributed by atoms with Gasteiger partial charge in [0.2, 0.25) is 0 Å². The van der Waals surface area contributed by atoms with Gasteiger partial charge in [0.15, 0.2) is 0 Å². The average Bonchev–Trinajstić information content (AvgIpc) is 2.35. The van der Waals surface area contributed by atoms with Crippen molar-refractivity contribution >= 4 is 10.1 Å². The van der Waals surface area contributed by atoms with Gasteiger partial charge in [-0.1, -0.05) is 30.3 Å². The lowest BCUT2D eigenvalue weighted by molar-refractivity contribution is 0.188. The Morgan fingerprint density at radius 1 is 1.05 bits per heavy atom. The second-order valence-electron chi connectivity index (χ2n) is 4.48. The van der Waals surface area contributed by atoms with Gasteiger partial charge >= 0.3 is 0 Å². The molecule has 0 saturated carbocycles. The fraction of sp³-hybridized carbons (Fsp3) is 0.538. The summed E-state index contributed by atoms with van der Waals surface area (Å²) in [7, 11) is -3.86. The summed E-state index contributed by atoms with van der Waals surface area (Å²) in [6.07, 6.45) is 1.10. The van der Waals surface area contributed by atoms with E-state index >= 15 is 0 Å². The first-order chi connectivity index (χ1) is 9.01. The summed E-state index contributed by atoms with van der Waals surface area (Å²) in [5, 5.41) is 9.02. The molecular formula is C13H21NO4S. The van der Waals surface area contributed by atoms with Crippen molar-refractivity contribution in [1.29, 1.82) is 0 Å². The van der Waals surface area contributed by atoms with Gasteiger partial charge in [0.25, 0.3) is 10.1 Å². The number of nitrogens with zero attached hydrogens (tertiary/aromatic N) is 1. The second-order valence-corrected chi connectivity index (χ2v) is 6.05. The molecule has 0 radical (unpaired) electrons. The van der Waals surface area contributed by atoms with Crippen LogP contribution in [0.5, 0.6) is 0 Å². The minimum Gasteiger partial charge on any atom is -0.395 e. The van der Waals surface area contributed by atoms with Crippen LogP contribution < -0.4 is 0 Å². The molecule has 1 rings (SSSR count). The molecule has 0 aromatic heterocycles. The van der Waals surface area contributed by atoms with Crippen LogP contribution in [0.15, 0.2) is 30.3 Å². The molecule has 0 aliphatic rings. The van der Waals surface area contributed by atoms with Crippen LogP contribution in [0.2, 0.25) is 0 Å². The maximum atomic E-state index is 10.6. The Bertz CT molecular complexity index is 447. The molecule has 0 amide bonds. The molecule has 0 heterocycles. The van der Waals surface area contributed by atoms with Crippen LogP contribution in [-0.4, -0.2) is 48.4 Å². The van der Waals surface area contributed by atoms with Gasteiger partial charge in [-0.25, -0.2) is 0 Å². The minimum absolute atomic E-state index is 0.0745. The maximum Gasteiger partial charge on any atom is 0.264 e. The molecule has 1 aromatic carbocycles. The van der Waals surface area contributed by atoms with E-state index in [-0.39, 0.29) is 12.4 Å². The summed E-state index contributed by atoms with van der Waals surface area (Å²) in [4.78, 5) is 2.07. The molecule has 19 heavy (non-hydrogen) atoms. The van der Waals surface area contributed by atoms with Gasteiger partial charge in [0.1, 0.15) is 0 Å². The van der Waals surface area contributed by atoms with E-state index in [2.05, 4.69) is 4.90 Å². The van der Waals surface area contributed by atoms with Crippen molar-refractivity contribution in [1.82, 2.24) is 4.90 Å². The molecule has 0 aliphatic heterocycles. The lowest BCUT2D eigenvalue weighted by Gasteiger charge is -2.21. The summed E-state index contributed by atoms with van der Waals surface area (Å²) >= 11 is 0. The number of unbranched alkanes of at least 4 members (excludes halogenated alkanes) is 1. The van der Waals surface area contributed by atoms with Crippen molar-refractivity contribution in [2.75, 3.05) is 25.4 Å². The molecule has 0 atom stereocenters. The molecule has 108 valence electrons. The van der Waals surface area contributed by atoms with Crippen LogP contribution in [0.3, 0.4) is 0 Å². The van der Waals surface area contributed by atoms with Gasteiger partial charge in [0, 0.05) is 13.1 Å². The van der Waals surface area contributed by atoms with E-state index in [4.69, 9.17) is 9.66 Å². The first kappa shape index (κ1) is 16.1. The summed E-state index contributed by atoms with van der Waals surface area (Å²) in [6.45, 7) is 2.06. The largest absolute Gasteiger partial charge is 0.395 e. The molecule has 0 unspecified atom stereocenters. The van der Waals surface area contributed by atoms with Crippen molar-refractivity contribution < 1.29 is 18.1 Å². The molecule has 0 aliphatic carbocycles. The first-order valence-electron chi connectivity index (χ1n) is 6.33. The van der Waals surface area contributed by atoms with E-state index in [1.165, 1.54) is 0 Å². The van der Waals surface area contributed by atoms with Crippen LogP contribution in [0, 0.1) is 0 Å². The van der Waals surface area contributed by atoms with Crippen LogP contribution in [0.25, 0.3) is 0 Å². The third-order valence-electron chi connectivity index (χ3n) is 2.79. The van der Waals surface area contributed by atoms with Crippen molar-refractivity contribution in [3.05, 3.63) is 35.9 Å². The predicted octanol–water partition coefficient (Wildman–Crippen LogP) is 1.15. The van der Waals surface area contributed by atoms with Crippen LogP contribution in [0.1, 0.15) is 18.4 Å². The Balaban J connectivity index is 2.36. The van der Waals surface area contributed by atoms with E-state index in [1.807, 2.05) is 30.3 Å². The Hall–Kier alpha value is -0.950. The zero-order valence-corrected chi connectivity index (χ0v) is 11.7. The molecule has 2 N–H and O–H groups in total. The normalized spacial score (nSPS) is 11.9. The number of aliphatic hydroxyl groups excluding tert-OH is 1. The molecule has 1 aromatic rings. The van der Waals surface area contributed by atoms with Crippen molar-refractivity contribution in [2.24, 2.45) is 0 Å². The highest BCUT2D eigenvalue weighted by atomic mass is 32.2. The SMILES string of the molecule is O=S(=O)(O)CCCCN(CCO)Cc1ccccc1. The highest BCUT2D eigenvalue weighted by Gasteiger charge is 2.07. The fourth-order valence-electron chi connectivity index (χ4n) is 1.87. The van der Waals surface area contributed by atoms with E-state index in [0.29, 0.717) is 25.9 Å². The minimum atomic E-state index is -3.86. The van der Waals surface area contributed by atoms with Crippen molar-refractivity contribution in [3.8, 4) is 0 Å².